The van der Waals surface area contributed by atoms with Crippen molar-refractivity contribution in [2.75, 3.05) is 19.6 Å². The zero-order valence-electron chi connectivity index (χ0n) is 12.4. The third kappa shape index (κ3) is 4.62. The van der Waals surface area contributed by atoms with Crippen LogP contribution in [0.15, 0.2) is 30.3 Å². The molecule has 1 aromatic rings. The van der Waals surface area contributed by atoms with E-state index in [-0.39, 0.29) is 17.5 Å². The lowest BCUT2D eigenvalue weighted by atomic mass is 10.0. The monoisotopic (exact) mass is 275 g/mol. The highest BCUT2D eigenvalue weighted by Crippen LogP contribution is 2.13. The van der Waals surface area contributed by atoms with Crippen molar-refractivity contribution in [2.24, 2.45) is 5.73 Å². The lowest BCUT2D eigenvalue weighted by molar-refractivity contribution is 0.0904. The minimum atomic E-state index is -0.153. The molecule has 4 nitrogen and oxygen atoms in total. The summed E-state index contributed by atoms with van der Waals surface area (Å²) < 4.78 is 0. The van der Waals surface area contributed by atoms with Gasteiger partial charge >= 0.3 is 0 Å². The predicted octanol–water partition coefficient (Wildman–Crippen LogP) is 1.62. The summed E-state index contributed by atoms with van der Waals surface area (Å²) in [7, 11) is 0. The molecule has 0 unspecified atom stereocenters. The van der Waals surface area contributed by atoms with Crippen LogP contribution in [0.25, 0.3) is 0 Å². The van der Waals surface area contributed by atoms with Crippen LogP contribution < -0.4 is 11.1 Å². The Labute approximate surface area is 121 Å². The molecule has 2 rings (SSSR count). The zero-order valence-corrected chi connectivity index (χ0v) is 12.4. The molecular weight excluding hydrogens is 250 g/mol. The van der Waals surface area contributed by atoms with Gasteiger partial charge in [-0.25, -0.2) is 0 Å². The van der Waals surface area contributed by atoms with Crippen molar-refractivity contribution >= 4 is 5.91 Å². The minimum Gasteiger partial charge on any atom is -0.349 e. The molecule has 20 heavy (non-hydrogen) atoms. The zero-order chi connectivity index (χ0) is 14.6. The Hall–Kier alpha value is -1.39. The summed E-state index contributed by atoms with van der Waals surface area (Å²) >= 11 is 0. The maximum atomic E-state index is 12.1. The van der Waals surface area contributed by atoms with Gasteiger partial charge in [-0.05, 0) is 38.8 Å². The van der Waals surface area contributed by atoms with E-state index in [9.17, 15) is 4.79 Å². The van der Waals surface area contributed by atoms with E-state index in [0.717, 1.165) is 38.0 Å². The number of amides is 1. The molecule has 0 aromatic heterocycles. The van der Waals surface area contributed by atoms with Crippen molar-refractivity contribution in [3.8, 4) is 0 Å². The summed E-state index contributed by atoms with van der Waals surface area (Å²) in [6.07, 6.45) is 1.99. The van der Waals surface area contributed by atoms with E-state index in [1.165, 1.54) is 0 Å². The van der Waals surface area contributed by atoms with Gasteiger partial charge in [0.15, 0.2) is 0 Å². The fourth-order valence-corrected chi connectivity index (χ4v) is 2.67. The van der Waals surface area contributed by atoms with Gasteiger partial charge in [-0.15, -0.1) is 0 Å². The Kier molecular flexibility index (Phi) is 4.78. The Bertz CT molecular complexity index is 431. The molecular formula is C16H25N3O. The first kappa shape index (κ1) is 15.0. The maximum Gasteiger partial charge on any atom is 0.251 e. The van der Waals surface area contributed by atoms with E-state index in [1.54, 1.807) is 0 Å². The lowest BCUT2D eigenvalue weighted by Gasteiger charge is -2.36. The summed E-state index contributed by atoms with van der Waals surface area (Å²) in [5.41, 5.74) is 6.63. The van der Waals surface area contributed by atoms with Crippen molar-refractivity contribution in [2.45, 2.75) is 38.3 Å². The van der Waals surface area contributed by atoms with E-state index in [2.05, 4.69) is 24.1 Å². The number of hydrogen-bond donors (Lipinski definition) is 2. The molecule has 1 fully saturated rings. The van der Waals surface area contributed by atoms with Gasteiger partial charge in [-0.1, -0.05) is 18.2 Å². The summed E-state index contributed by atoms with van der Waals surface area (Å²) in [6, 6.07) is 9.67. The van der Waals surface area contributed by atoms with Crippen molar-refractivity contribution in [3.63, 3.8) is 0 Å². The molecule has 4 heteroatoms. The highest BCUT2D eigenvalue weighted by atomic mass is 16.1. The lowest BCUT2D eigenvalue weighted by Crippen LogP contribution is -2.51. The summed E-state index contributed by atoms with van der Waals surface area (Å²) in [6.45, 7) is 7.01. The topological polar surface area (TPSA) is 58.4 Å². The number of nitrogens with two attached hydrogens (primary N) is 1. The molecule has 1 saturated heterocycles. The van der Waals surface area contributed by atoms with Gasteiger partial charge in [-0.2, -0.15) is 0 Å². The molecule has 0 radical (unpaired) electrons. The van der Waals surface area contributed by atoms with E-state index in [4.69, 9.17) is 5.73 Å². The van der Waals surface area contributed by atoms with Gasteiger partial charge in [0.2, 0.25) is 0 Å². The Balaban J connectivity index is 1.79. The number of piperidine rings is 1. The van der Waals surface area contributed by atoms with Gasteiger partial charge in [0.1, 0.15) is 0 Å². The van der Waals surface area contributed by atoms with Crippen LogP contribution in [0.4, 0.5) is 0 Å². The molecule has 110 valence electrons. The SMILES string of the molecule is CC(C)(N)CN1CCC(NC(=O)c2ccccc2)CC1. The smallest absolute Gasteiger partial charge is 0.251 e. The number of rotatable bonds is 4. The molecule has 0 aliphatic carbocycles. The fourth-order valence-electron chi connectivity index (χ4n) is 2.67. The number of benzene rings is 1. The first-order chi connectivity index (χ1) is 9.44. The number of nitrogens with one attached hydrogen (secondary N) is 1. The normalized spacial score (nSPS) is 17.9. The first-order valence-electron chi connectivity index (χ1n) is 7.31. The maximum absolute atomic E-state index is 12.1. The molecule has 1 amide bonds. The number of carbonyl (C=O) groups is 1. The van der Waals surface area contributed by atoms with E-state index in [1.807, 2.05) is 30.3 Å². The Morgan fingerprint density at radius 3 is 2.45 bits per heavy atom. The summed E-state index contributed by atoms with van der Waals surface area (Å²) in [5, 5.41) is 3.12. The molecule has 3 N–H and O–H groups in total. The third-order valence-electron chi connectivity index (χ3n) is 3.59. The standard InChI is InChI=1S/C16H25N3O/c1-16(2,17)12-19-10-8-14(9-11-19)18-15(20)13-6-4-3-5-7-13/h3-7,14H,8-12,17H2,1-2H3,(H,18,20). The van der Waals surface area contributed by atoms with Crippen molar-refractivity contribution in [3.05, 3.63) is 35.9 Å². The molecule has 1 aliphatic rings. The van der Waals surface area contributed by atoms with Crippen LogP contribution in [0.3, 0.4) is 0 Å². The molecule has 0 saturated carbocycles. The highest BCUT2D eigenvalue weighted by molar-refractivity contribution is 5.94. The van der Waals surface area contributed by atoms with Crippen LogP contribution >= 0.6 is 0 Å². The van der Waals surface area contributed by atoms with Gasteiger partial charge in [0.05, 0.1) is 0 Å². The van der Waals surface area contributed by atoms with Gasteiger partial charge < -0.3 is 16.0 Å². The second kappa shape index (κ2) is 6.37. The number of nitrogens with zero attached hydrogens (tertiary/aromatic N) is 1. The molecule has 0 spiro atoms. The quantitative estimate of drug-likeness (QED) is 0.878. The van der Waals surface area contributed by atoms with Crippen LogP contribution in [0.1, 0.15) is 37.0 Å². The van der Waals surface area contributed by atoms with Crippen molar-refractivity contribution in [1.82, 2.24) is 10.2 Å². The van der Waals surface area contributed by atoms with Crippen LogP contribution in [0.2, 0.25) is 0 Å². The van der Waals surface area contributed by atoms with Gasteiger partial charge in [0.25, 0.3) is 5.91 Å². The van der Waals surface area contributed by atoms with Crippen molar-refractivity contribution < 1.29 is 4.79 Å². The average molecular weight is 275 g/mol. The molecule has 0 atom stereocenters. The second-order valence-electron chi connectivity index (χ2n) is 6.38. The van der Waals surface area contributed by atoms with E-state index < -0.39 is 0 Å². The van der Waals surface area contributed by atoms with Crippen LogP contribution in [-0.4, -0.2) is 42.0 Å². The molecule has 1 aliphatic heterocycles. The Morgan fingerprint density at radius 1 is 1.30 bits per heavy atom. The largest absolute Gasteiger partial charge is 0.349 e. The minimum absolute atomic E-state index is 0.0307. The van der Waals surface area contributed by atoms with Crippen LogP contribution in [-0.2, 0) is 0 Å². The van der Waals surface area contributed by atoms with Crippen LogP contribution in [0.5, 0.6) is 0 Å². The average Bonchev–Trinajstić information content (AvgIpc) is 2.40. The van der Waals surface area contributed by atoms with Gasteiger partial charge in [-0.3, -0.25) is 4.79 Å². The molecule has 1 heterocycles. The predicted molar refractivity (Wildman–Crippen MR) is 81.6 cm³/mol. The number of carbonyl (C=O) groups excluding carboxylic acids is 1. The Morgan fingerprint density at radius 2 is 1.90 bits per heavy atom. The molecule has 0 bridgehead atoms. The van der Waals surface area contributed by atoms with Crippen molar-refractivity contribution in [1.29, 1.82) is 0 Å². The fraction of sp³-hybridized carbons (Fsp3) is 0.562. The number of hydrogen-bond acceptors (Lipinski definition) is 3. The second-order valence-corrected chi connectivity index (χ2v) is 6.38. The third-order valence-corrected chi connectivity index (χ3v) is 3.59. The van der Waals surface area contributed by atoms with E-state index in [0.29, 0.717) is 0 Å². The summed E-state index contributed by atoms with van der Waals surface area (Å²) in [4.78, 5) is 14.5. The number of likely N-dealkylation sites (tertiary alicyclic amines) is 1. The highest BCUT2D eigenvalue weighted by Gasteiger charge is 2.24. The van der Waals surface area contributed by atoms with Gasteiger partial charge in [0, 0.05) is 36.8 Å². The van der Waals surface area contributed by atoms with Crippen LogP contribution in [0, 0.1) is 0 Å². The first-order valence-corrected chi connectivity index (χ1v) is 7.31. The molecule has 1 aromatic carbocycles. The van der Waals surface area contributed by atoms with E-state index >= 15 is 0 Å². The summed E-state index contributed by atoms with van der Waals surface area (Å²) in [5.74, 6) is 0.0307.